The van der Waals surface area contributed by atoms with Gasteiger partial charge in [0.15, 0.2) is 5.12 Å². The number of aliphatic hydroxyl groups excluding tert-OH is 2. The predicted molar refractivity (Wildman–Crippen MR) is 63.4 cm³/mol. The largest absolute Gasteiger partial charge is 0.389 e. The third kappa shape index (κ3) is 4.09. The normalized spacial score (nSPS) is 14.5. The SMILES string of the molecule is CC(=O)SCC(O)C(O)c1cc(Cl)ccn1. The first kappa shape index (κ1) is 13.4. The van der Waals surface area contributed by atoms with Crippen molar-refractivity contribution in [2.75, 3.05) is 5.75 Å². The minimum Gasteiger partial charge on any atom is -0.389 e. The lowest BCUT2D eigenvalue weighted by Crippen LogP contribution is -2.22. The van der Waals surface area contributed by atoms with Gasteiger partial charge in [-0.3, -0.25) is 9.78 Å². The van der Waals surface area contributed by atoms with E-state index >= 15 is 0 Å². The van der Waals surface area contributed by atoms with Crippen LogP contribution in [0, 0.1) is 0 Å². The van der Waals surface area contributed by atoms with Gasteiger partial charge in [-0.2, -0.15) is 0 Å². The quantitative estimate of drug-likeness (QED) is 0.858. The van der Waals surface area contributed by atoms with Crippen LogP contribution in [0.25, 0.3) is 0 Å². The number of pyridine rings is 1. The molecular weight excluding hydrogens is 250 g/mol. The van der Waals surface area contributed by atoms with Crippen molar-refractivity contribution in [3.8, 4) is 0 Å². The van der Waals surface area contributed by atoms with Crippen LogP contribution in [0.2, 0.25) is 5.02 Å². The van der Waals surface area contributed by atoms with Gasteiger partial charge in [-0.1, -0.05) is 23.4 Å². The Morgan fingerprint density at radius 3 is 2.88 bits per heavy atom. The number of thioether (sulfide) groups is 1. The molecule has 0 bridgehead atoms. The number of carbonyl (C=O) groups excluding carboxylic acids is 1. The van der Waals surface area contributed by atoms with Crippen LogP contribution in [0.1, 0.15) is 18.7 Å². The van der Waals surface area contributed by atoms with Crippen LogP contribution in [-0.4, -0.2) is 32.2 Å². The maximum atomic E-state index is 10.7. The van der Waals surface area contributed by atoms with E-state index < -0.39 is 12.2 Å². The zero-order valence-electron chi connectivity index (χ0n) is 8.63. The molecule has 0 radical (unpaired) electrons. The summed E-state index contributed by atoms with van der Waals surface area (Å²) in [5.41, 5.74) is 0.296. The average Bonchev–Trinajstić information content (AvgIpc) is 2.24. The van der Waals surface area contributed by atoms with Crippen LogP contribution in [-0.2, 0) is 4.79 Å². The zero-order valence-corrected chi connectivity index (χ0v) is 10.2. The lowest BCUT2D eigenvalue weighted by molar-refractivity contribution is -0.109. The first-order chi connectivity index (χ1) is 7.50. The molecule has 0 saturated heterocycles. The summed E-state index contributed by atoms with van der Waals surface area (Å²) in [5, 5.41) is 19.7. The number of hydrogen-bond donors (Lipinski definition) is 2. The number of carbonyl (C=O) groups is 1. The summed E-state index contributed by atoms with van der Waals surface area (Å²) in [7, 11) is 0. The molecule has 88 valence electrons. The molecule has 2 atom stereocenters. The van der Waals surface area contributed by atoms with E-state index in [1.54, 1.807) is 6.07 Å². The van der Waals surface area contributed by atoms with E-state index in [0.717, 1.165) is 11.8 Å². The molecule has 0 aliphatic carbocycles. The smallest absolute Gasteiger partial charge is 0.185 e. The topological polar surface area (TPSA) is 70.4 Å². The molecule has 0 aromatic carbocycles. The molecule has 0 aliphatic rings. The summed E-state index contributed by atoms with van der Waals surface area (Å²) < 4.78 is 0. The van der Waals surface area contributed by atoms with Crippen molar-refractivity contribution in [3.63, 3.8) is 0 Å². The van der Waals surface area contributed by atoms with Crippen LogP contribution in [0.5, 0.6) is 0 Å². The summed E-state index contributed by atoms with van der Waals surface area (Å²) in [6.45, 7) is 1.40. The van der Waals surface area contributed by atoms with Crippen molar-refractivity contribution in [1.82, 2.24) is 4.98 Å². The van der Waals surface area contributed by atoms with Crippen LogP contribution < -0.4 is 0 Å². The van der Waals surface area contributed by atoms with E-state index in [1.807, 2.05) is 0 Å². The minimum atomic E-state index is -1.13. The van der Waals surface area contributed by atoms with Gasteiger partial charge in [0.05, 0.1) is 11.8 Å². The van der Waals surface area contributed by atoms with Crippen molar-refractivity contribution in [2.45, 2.75) is 19.1 Å². The Balaban J connectivity index is 2.62. The molecule has 4 nitrogen and oxygen atoms in total. The summed E-state index contributed by atoms with van der Waals surface area (Å²) in [6, 6.07) is 3.06. The minimum absolute atomic E-state index is 0.106. The van der Waals surface area contributed by atoms with Gasteiger partial charge in [0, 0.05) is 23.9 Å². The molecule has 0 aliphatic heterocycles. The van der Waals surface area contributed by atoms with E-state index in [0.29, 0.717) is 10.7 Å². The molecule has 0 spiro atoms. The van der Waals surface area contributed by atoms with Crippen molar-refractivity contribution in [1.29, 1.82) is 0 Å². The molecule has 0 saturated carbocycles. The van der Waals surface area contributed by atoms with E-state index in [2.05, 4.69) is 4.98 Å². The second kappa shape index (κ2) is 6.20. The molecule has 6 heteroatoms. The highest BCUT2D eigenvalue weighted by Gasteiger charge is 2.20. The maximum Gasteiger partial charge on any atom is 0.185 e. The second-order valence-electron chi connectivity index (χ2n) is 3.21. The molecule has 1 heterocycles. The Labute approximate surface area is 103 Å². The second-order valence-corrected chi connectivity index (χ2v) is 4.85. The van der Waals surface area contributed by atoms with Gasteiger partial charge in [0.2, 0.25) is 0 Å². The van der Waals surface area contributed by atoms with Crippen LogP contribution >= 0.6 is 23.4 Å². The lowest BCUT2D eigenvalue weighted by atomic mass is 10.1. The summed E-state index contributed by atoms with van der Waals surface area (Å²) in [6.07, 6.45) is -0.725. The first-order valence-electron chi connectivity index (χ1n) is 4.61. The highest BCUT2D eigenvalue weighted by Crippen LogP contribution is 2.20. The molecule has 0 fully saturated rings. The first-order valence-corrected chi connectivity index (χ1v) is 5.98. The Hall–Kier alpha value is -0.620. The van der Waals surface area contributed by atoms with E-state index in [9.17, 15) is 15.0 Å². The van der Waals surface area contributed by atoms with Crippen LogP contribution in [0.4, 0.5) is 0 Å². The molecule has 2 N–H and O–H groups in total. The number of aliphatic hydroxyl groups is 2. The van der Waals surface area contributed by atoms with Crippen molar-refractivity contribution >= 4 is 28.5 Å². The molecule has 0 amide bonds. The zero-order chi connectivity index (χ0) is 12.1. The number of rotatable bonds is 4. The highest BCUT2D eigenvalue weighted by molar-refractivity contribution is 8.13. The Bertz CT molecular complexity index is 375. The van der Waals surface area contributed by atoms with E-state index in [-0.39, 0.29) is 10.9 Å². The standard InChI is InChI=1S/C10H12ClNO3S/c1-6(13)16-5-9(14)10(15)8-4-7(11)2-3-12-8/h2-4,9-10,14-15H,5H2,1H3. The third-order valence-corrected chi connectivity index (χ3v) is 3.02. The monoisotopic (exact) mass is 261 g/mol. The van der Waals surface area contributed by atoms with Gasteiger partial charge < -0.3 is 10.2 Å². The van der Waals surface area contributed by atoms with E-state index in [4.69, 9.17) is 11.6 Å². The van der Waals surface area contributed by atoms with Gasteiger partial charge in [-0.05, 0) is 12.1 Å². The van der Waals surface area contributed by atoms with E-state index in [1.165, 1.54) is 19.2 Å². The Morgan fingerprint density at radius 1 is 1.62 bits per heavy atom. The van der Waals surface area contributed by atoms with Gasteiger partial charge in [0.1, 0.15) is 6.10 Å². The van der Waals surface area contributed by atoms with Crippen molar-refractivity contribution in [2.24, 2.45) is 0 Å². The van der Waals surface area contributed by atoms with Gasteiger partial charge in [-0.15, -0.1) is 0 Å². The fraction of sp³-hybridized carbons (Fsp3) is 0.400. The van der Waals surface area contributed by atoms with Crippen LogP contribution in [0.3, 0.4) is 0 Å². The molecule has 1 aromatic heterocycles. The molecule has 1 rings (SSSR count). The fourth-order valence-corrected chi connectivity index (χ4v) is 1.83. The summed E-state index contributed by atoms with van der Waals surface area (Å²) in [5.74, 6) is 0.130. The van der Waals surface area contributed by atoms with Crippen molar-refractivity contribution < 1.29 is 15.0 Å². The van der Waals surface area contributed by atoms with Gasteiger partial charge in [-0.25, -0.2) is 0 Å². The number of halogens is 1. The number of aromatic nitrogens is 1. The molecule has 2 unspecified atom stereocenters. The third-order valence-electron chi connectivity index (χ3n) is 1.87. The number of hydrogen-bond acceptors (Lipinski definition) is 5. The molecular formula is C10H12ClNO3S. The molecule has 1 aromatic rings. The number of nitrogens with zero attached hydrogens (tertiary/aromatic N) is 1. The lowest BCUT2D eigenvalue weighted by Gasteiger charge is -2.16. The van der Waals surface area contributed by atoms with Gasteiger partial charge >= 0.3 is 0 Å². The Kier molecular flexibility index (Phi) is 5.21. The van der Waals surface area contributed by atoms with Gasteiger partial charge in [0.25, 0.3) is 0 Å². The highest BCUT2D eigenvalue weighted by atomic mass is 35.5. The Morgan fingerprint density at radius 2 is 2.31 bits per heavy atom. The molecule has 16 heavy (non-hydrogen) atoms. The van der Waals surface area contributed by atoms with Crippen LogP contribution in [0.15, 0.2) is 18.3 Å². The summed E-state index contributed by atoms with van der Waals surface area (Å²) >= 11 is 6.69. The van der Waals surface area contributed by atoms with Crippen molar-refractivity contribution in [3.05, 3.63) is 29.0 Å². The predicted octanol–water partition coefficient (Wildman–Crippen LogP) is 1.41. The average molecular weight is 262 g/mol. The fourth-order valence-electron chi connectivity index (χ4n) is 1.07. The summed E-state index contributed by atoms with van der Waals surface area (Å²) in [4.78, 5) is 14.6. The maximum absolute atomic E-state index is 10.7.